The summed E-state index contributed by atoms with van der Waals surface area (Å²) < 4.78 is 32.4. The number of rotatable bonds is 3. The number of hydrogen-bond acceptors (Lipinski definition) is 2. The van der Waals surface area contributed by atoms with E-state index in [1.54, 1.807) is 0 Å². The topological polar surface area (TPSA) is 46.5 Å². The Morgan fingerprint density at radius 1 is 1.47 bits per heavy atom. The second-order valence-corrected chi connectivity index (χ2v) is 4.05. The molecule has 0 atom stereocenters. The van der Waals surface area contributed by atoms with E-state index >= 15 is 0 Å². The molecule has 1 heterocycles. The lowest BCUT2D eigenvalue weighted by molar-refractivity contribution is -0.145. The third-order valence-corrected chi connectivity index (χ3v) is 2.70. The van der Waals surface area contributed by atoms with E-state index in [2.05, 4.69) is 0 Å². The largest absolute Gasteiger partial charge is 0.493 e. The van der Waals surface area contributed by atoms with Crippen molar-refractivity contribution in [2.45, 2.75) is 25.2 Å². The average Bonchev–Trinajstić information content (AvgIpc) is 2.26. The highest BCUT2D eigenvalue weighted by atomic mass is 19.3. The molecule has 0 aromatic heterocycles. The number of carboxylic acid groups (broad SMARTS) is 1. The fraction of sp³-hybridized carbons (Fsp3) is 0.417. The van der Waals surface area contributed by atoms with Crippen LogP contribution in [0.5, 0.6) is 5.75 Å². The molecule has 1 aromatic rings. The van der Waals surface area contributed by atoms with E-state index in [-0.39, 0.29) is 5.56 Å². The first-order valence-electron chi connectivity index (χ1n) is 5.35. The van der Waals surface area contributed by atoms with E-state index in [0.29, 0.717) is 18.8 Å². The molecule has 1 aliphatic heterocycles. The maximum atomic E-state index is 13.6. The molecule has 17 heavy (non-hydrogen) atoms. The summed E-state index contributed by atoms with van der Waals surface area (Å²) in [5, 5.41) is 8.44. The van der Waals surface area contributed by atoms with Gasteiger partial charge in [0.25, 0.3) is 5.92 Å². The van der Waals surface area contributed by atoms with Gasteiger partial charge in [0.15, 0.2) is 0 Å². The van der Waals surface area contributed by atoms with Crippen LogP contribution in [0.1, 0.15) is 24.0 Å². The molecule has 1 aliphatic rings. The Labute approximate surface area is 97.0 Å². The van der Waals surface area contributed by atoms with Gasteiger partial charge < -0.3 is 9.84 Å². The highest BCUT2D eigenvalue weighted by Crippen LogP contribution is 2.35. The highest BCUT2D eigenvalue weighted by Gasteiger charge is 2.35. The van der Waals surface area contributed by atoms with E-state index in [1.165, 1.54) is 18.2 Å². The van der Waals surface area contributed by atoms with Crippen molar-refractivity contribution in [1.29, 1.82) is 0 Å². The first-order valence-corrected chi connectivity index (χ1v) is 5.35. The summed E-state index contributed by atoms with van der Waals surface area (Å²) in [4.78, 5) is 10.4. The number of fused-ring (bicyclic) bond motifs is 1. The van der Waals surface area contributed by atoms with Crippen molar-refractivity contribution in [1.82, 2.24) is 0 Å². The number of carbonyl (C=O) groups is 1. The predicted octanol–water partition coefficient (Wildman–Crippen LogP) is 2.58. The van der Waals surface area contributed by atoms with Crippen LogP contribution >= 0.6 is 0 Å². The lowest BCUT2D eigenvalue weighted by atomic mass is 9.98. The van der Waals surface area contributed by atoms with Crippen molar-refractivity contribution >= 4 is 5.97 Å². The molecule has 0 saturated heterocycles. The normalized spacial score (nSPS) is 14.9. The predicted molar refractivity (Wildman–Crippen MR) is 56.4 cm³/mol. The van der Waals surface area contributed by atoms with Crippen molar-refractivity contribution < 1.29 is 23.4 Å². The highest BCUT2D eigenvalue weighted by molar-refractivity contribution is 5.68. The smallest absolute Gasteiger partial charge is 0.309 e. The summed E-state index contributed by atoms with van der Waals surface area (Å²) in [5.41, 5.74) is 0.461. The second kappa shape index (κ2) is 4.31. The molecule has 2 rings (SSSR count). The van der Waals surface area contributed by atoms with Crippen molar-refractivity contribution in [2.75, 3.05) is 6.61 Å². The van der Waals surface area contributed by atoms with Gasteiger partial charge in [0.2, 0.25) is 0 Å². The number of carboxylic acids is 1. The number of ether oxygens (including phenoxy) is 1. The minimum Gasteiger partial charge on any atom is -0.493 e. The first kappa shape index (κ1) is 11.8. The molecule has 0 spiro atoms. The Hall–Kier alpha value is -1.65. The third kappa shape index (κ3) is 2.54. The molecule has 0 aliphatic carbocycles. The van der Waals surface area contributed by atoms with Gasteiger partial charge in [-0.1, -0.05) is 0 Å². The van der Waals surface area contributed by atoms with E-state index < -0.39 is 18.3 Å². The van der Waals surface area contributed by atoms with E-state index in [0.717, 1.165) is 12.0 Å². The second-order valence-electron chi connectivity index (χ2n) is 4.05. The fourth-order valence-corrected chi connectivity index (χ4v) is 1.88. The number of alkyl halides is 2. The Balaban J connectivity index is 2.30. The number of hydrogen-bond donors (Lipinski definition) is 1. The zero-order valence-corrected chi connectivity index (χ0v) is 9.08. The van der Waals surface area contributed by atoms with Gasteiger partial charge in [-0.3, -0.25) is 4.79 Å². The summed E-state index contributed by atoms with van der Waals surface area (Å²) in [6.45, 7) is 0.595. The van der Waals surface area contributed by atoms with Gasteiger partial charge in [0.05, 0.1) is 6.61 Å². The van der Waals surface area contributed by atoms with Gasteiger partial charge in [-0.25, -0.2) is 8.78 Å². The van der Waals surface area contributed by atoms with Crippen molar-refractivity contribution in [2.24, 2.45) is 0 Å². The number of aliphatic carboxylic acids is 1. The maximum absolute atomic E-state index is 13.6. The molecule has 0 fully saturated rings. The van der Waals surface area contributed by atoms with Crippen molar-refractivity contribution in [3.63, 3.8) is 0 Å². The molecule has 0 radical (unpaired) electrons. The van der Waals surface area contributed by atoms with Gasteiger partial charge >= 0.3 is 5.97 Å². The van der Waals surface area contributed by atoms with Crippen LogP contribution < -0.4 is 4.74 Å². The Morgan fingerprint density at radius 2 is 2.24 bits per heavy atom. The molecule has 0 saturated carbocycles. The van der Waals surface area contributed by atoms with Gasteiger partial charge in [-0.05, 0) is 36.6 Å². The molecular weight excluding hydrogens is 230 g/mol. The van der Waals surface area contributed by atoms with E-state index in [1.807, 2.05) is 0 Å². The fourth-order valence-electron chi connectivity index (χ4n) is 1.88. The summed E-state index contributed by atoms with van der Waals surface area (Å²) in [7, 11) is 0. The monoisotopic (exact) mass is 242 g/mol. The number of halogens is 2. The quantitative estimate of drug-likeness (QED) is 0.886. The Morgan fingerprint density at radius 3 is 2.94 bits per heavy atom. The average molecular weight is 242 g/mol. The maximum Gasteiger partial charge on any atom is 0.309 e. The molecule has 1 N–H and O–H groups in total. The van der Waals surface area contributed by atoms with Gasteiger partial charge in [0, 0.05) is 5.56 Å². The van der Waals surface area contributed by atoms with Gasteiger partial charge in [-0.2, -0.15) is 0 Å². The molecule has 5 heteroatoms. The van der Waals surface area contributed by atoms with E-state index in [9.17, 15) is 13.6 Å². The SMILES string of the molecule is O=C(O)CC(F)(F)c1ccc2c(c1)CCCO2. The van der Waals surface area contributed by atoms with Gasteiger partial charge in [0.1, 0.15) is 12.2 Å². The molecular formula is C12H12F2O3. The van der Waals surface area contributed by atoms with Crippen molar-refractivity contribution in [3.05, 3.63) is 29.3 Å². The zero-order valence-electron chi connectivity index (χ0n) is 9.08. The van der Waals surface area contributed by atoms with Crippen LogP contribution in [0.3, 0.4) is 0 Å². The minimum absolute atomic E-state index is 0.260. The molecule has 0 amide bonds. The van der Waals surface area contributed by atoms with Crippen LogP contribution in [0, 0.1) is 0 Å². The van der Waals surface area contributed by atoms with Crippen LogP contribution in [0.2, 0.25) is 0 Å². The third-order valence-electron chi connectivity index (χ3n) is 2.70. The number of benzene rings is 1. The Kier molecular flexibility index (Phi) is 3.00. The van der Waals surface area contributed by atoms with Crippen LogP contribution in [0.4, 0.5) is 8.78 Å². The van der Waals surface area contributed by atoms with Gasteiger partial charge in [-0.15, -0.1) is 0 Å². The molecule has 1 aromatic carbocycles. The zero-order chi connectivity index (χ0) is 12.5. The van der Waals surface area contributed by atoms with Crippen LogP contribution in [-0.4, -0.2) is 17.7 Å². The van der Waals surface area contributed by atoms with Crippen molar-refractivity contribution in [3.8, 4) is 5.75 Å². The summed E-state index contributed by atoms with van der Waals surface area (Å²) in [5.74, 6) is -4.23. The molecule has 0 bridgehead atoms. The lowest BCUT2D eigenvalue weighted by Gasteiger charge is -2.20. The van der Waals surface area contributed by atoms with Crippen LogP contribution in [0.15, 0.2) is 18.2 Å². The lowest BCUT2D eigenvalue weighted by Crippen LogP contribution is -2.19. The van der Waals surface area contributed by atoms with E-state index in [4.69, 9.17) is 9.84 Å². The van der Waals surface area contributed by atoms with Crippen LogP contribution in [0.25, 0.3) is 0 Å². The standard InChI is InChI=1S/C12H12F2O3/c13-12(14,7-11(15)16)9-3-4-10-8(6-9)2-1-5-17-10/h3-4,6H,1-2,5,7H2,(H,15,16). The van der Waals surface area contributed by atoms with Crippen LogP contribution in [-0.2, 0) is 17.1 Å². The molecule has 92 valence electrons. The summed E-state index contributed by atoms with van der Waals surface area (Å²) >= 11 is 0. The first-order chi connectivity index (χ1) is 7.99. The minimum atomic E-state index is -3.34. The number of aryl methyl sites for hydroxylation is 1. The summed E-state index contributed by atoms with van der Waals surface area (Å²) in [6.07, 6.45) is 0.292. The molecule has 3 nitrogen and oxygen atoms in total. The summed E-state index contributed by atoms with van der Waals surface area (Å²) in [6, 6.07) is 4.06. The Bertz CT molecular complexity index is 443. The molecule has 0 unspecified atom stereocenters.